The molecule has 3 rings (SSSR count). The summed E-state index contributed by atoms with van der Waals surface area (Å²) in [4.78, 5) is 25.8. The topological polar surface area (TPSA) is 76.1 Å². The molecule has 2 saturated heterocycles. The molecule has 0 saturated carbocycles. The van der Waals surface area contributed by atoms with Gasteiger partial charge in [0, 0.05) is 25.3 Å². The monoisotopic (exact) mass is 333 g/mol. The average molecular weight is 333 g/mol. The molecule has 0 radical (unpaired) electrons. The Morgan fingerprint density at radius 2 is 2.00 bits per heavy atom. The first-order valence-electron chi connectivity index (χ1n) is 8.38. The molecule has 130 valence electrons. The molecule has 2 heterocycles. The standard InChI is InChI=1S/C18H23NO5/c1-23-14-4-2-3-13(11-14)17(20)19-8-5-12(6-9-19)16-15(18(21)22)7-10-24-16/h2-4,11-12,15-16H,5-10H2,1H3,(H,21,22)/t15?,16-/m0/s1. The van der Waals surface area contributed by atoms with Crippen molar-refractivity contribution in [3.05, 3.63) is 29.8 Å². The zero-order chi connectivity index (χ0) is 17.1. The van der Waals surface area contributed by atoms with E-state index in [2.05, 4.69) is 0 Å². The highest BCUT2D eigenvalue weighted by Gasteiger charge is 2.40. The van der Waals surface area contributed by atoms with Crippen molar-refractivity contribution in [2.24, 2.45) is 11.8 Å². The van der Waals surface area contributed by atoms with Crippen LogP contribution < -0.4 is 4.74 Å². The van der Waals surface area contributed by atoms with Crippen LogP contribution in [0.5, 0.6) is 5.75 Å². The number of amides is 1. The maximum absolute atomic E-state index is 12.6. The van der Waals surface area contributed by atoms with Crippen molar-refractivity contribution in [3.8, 4) is 5.75 Å². The van der Waals surface area contributed by atoms with Gasteiger partial charge in [-0.3, -0.25) is 9.59 Å². The van der Waals surface area contributed by atoms with E-state index in [9.17, 15) is 14.7 Å². The van der Waals surface area contributed by atoms with Crippen molar-refractivity contribution in [2.45, 2.75) is 25.4 Å². The number of hydrogen-bond donors (Lipinski definition) is 1. The van der Waals surface area contributed by atoms with E-state index in [4.69, 9.17) is 9.47 Å². The molecule has 6 heteroatoms. The third kappa shape index (κ3) is 3.38. The highest BCUT2D eigenvalue weighted by molar-refractivity contribution is 5.94. The number of hydrogen-bond acceptors (Lipinski definition) is 4. The largest absolute Gasteiger partial charge is 0.497 e. The number of methoxy groups -OCH3 is 1. The minimum absolute atomic E-state index is 0.00512. The van der Waals surface area contributed by atoms with Gasteiger partial charge in [-0.1, -0.05) is 6.07 Å². The molecular weight excluding hydrogens is 310 g/mol. The second-order valence-electron chi connectivity index (χ2n) is 6.43. The summed E-state index contributed by atoms with van der Waals surface area (Å²) in [5.41, 5.74) is 0.619. The summed E-state index contributed by atoms with van der Waals surface area (Å²) in [6, 6.07) is 7.15. The minimum atomic E-state index is -0.771. The van der Waals surface area contributed by atoms with E-state index in [0.29, 0.717) is 37.4 Å². The van der Waals surface area contributed by atoms with E-state index in [1.54, 1.807) is 19.2 Å². The van der Waals surface area contributed by atoms with Crippen molar-refractivity contribution in [1.82, 2.24) is 4.90 Å². The van der Waals surface area contributed by atoms with Gasteiger partial charge in [0.25, 0.3) is 5.91 Å². The number of carboxylic acid groups (broad SMARTS) is 1. The van der Waals surface area contributed by atoms with Crippen LogP contribution in [0.25, 0.3) is 0 Å². The number of ether oxygens (including phenoxy) is 2. The van der Waals surface area contributed by atoms with E-state index in [1.807, 2.05) is 17.0 Å². The molecule has 0 aliphatic carbocycles. The summed E-state index contributed by atoms with van der Waals surface area (Å²) in [6.45, 7) is 1.78. The molecule has 24 heavy (non-hydrogen) atoms. The zero-order valence-electron chi connectivity index (χ0n) is 13.8. The minimum Gasteiger partial charge on any atom is -0.497 e. The van der Waals surface area contributed by atoms with Gasteiger partial charge in [-0.2, -0.15) is 0 Å². The van der Waals surface area contributed by atoms with Gasteiger partial charge in [0.05, 0.1) is 19.1 Å². The quantitative estimate of drug-likeness (QED) is 0.912. The van der Waals surface area contributed by atoms with Gasteiger partial charge in [0.15, 0.2) is 0 Å². The summed E-state index contributed by atoms with van der Waals surface area (Å²) in [5.74, 6) is -0.306. The van der Waals surface area contributed by atoms with Gasteiger partial charge in [-0.15, -0.1) is 0 Å². The number of carboxylic acids is 1. The Balaban J connectivity index is 1.60. The molecule has 1 unspecified atom stereocenters. The average Bonchev–Trinajstić information content (AvgIpc) is 3.11. The highest BCUT2D eigenvalue weighted by Crippen LogP contribution is 2.33. The fraction of sp³-hybridized carbons (Fsp3) is 0.556. The van der Waals surface area contributed by atoms with Gasteiger partial charge in [-0.25, -0.2) is 0 Å². The summed E-state index contributed by atoms with van der Waals surface area (Å²) < 4.78 is 10.8. The van der Waals surface area contributed by atoms with Crippen molar-refractivity contribution in [1.29, 1.82) is 0 Å². The molecule has 1 amide bonds. The molecule has 1 aromatic rings. The fourth-order valence-corrected chi connectivity index (χ4v) is 3.71. The van der Waals surface area contributed by atoms with E-state index in [0.717, 1.165) is 12.8 Å². The lowest BCUT2D eigenvalue weighted by atomic mass is 9.84. The maximum Gasteiger partial charge on any atom is 0.309 e. The third-order valence-corrected chi connectivity index (χ3v) is 5.06. The molecule has 2 aliphatic rings. The van der Waals surface area contributed by atoms with Gasteiger partial charge in [-0.05, 0) is 43.4 Å². The van der Waals surface area contributed by atoms with Crippen molar-refractivity contribution in [3.63, 3.8) is 0 Å². The van der Waals surface area contributed by atoms with Gasteiger partial charge in [0.1, 0.15) is 5.75 Å². The van der Waals surface area contributed by atoms with Crippen LogP contribution in [-0.4, -0.2) is 54.8 Å². The van der Waals surface area contributed by atoms with E-state index >= 15 is 0 Å². The molecule has 2 aliphatic heterocycles. The Kier molecular flexibility index (Phi) is 5.04. The molecular formula is C18H23NO5. The molecule has 1 N–H and O–H groups in total. The smallest absolute Gasteiger partial charge is 0.309 e. The molecule has 2 fully saturated rings. The first kappa shape index (κ1) is 16.8. The van der Waals surface area contributed by atoms with Gasteiger partial charge >= 0.3 is 5.97 Å². The third-order valence-electron chi connectivity index (χ3n) is 5.06. The van der Waals surface area contributed by atoms with E-state index in [1.165, 1.54) is 0 Å². The zero-order valence-corrected chi connectivity index (χ0v) is 13.8. The maximum atomic E-state index is 12.6. The van der Waals surface area contributed by atoms with Crippen LogP contribution >= 0.6 is 0 Å². The van der Waals surface area contributed by atoms with Crippen LogP contribution in [0.1, 0.15) is 29.6 Å². The molecule has 1 aromatic carbocycles. The Labute approximate surface area is 141 Å². The Morgan fingerprint density at radius 3 is 2.67 bits per heavy atom. The lowest BCUT2D eigenvalue weighted by molar-refractivity contribution is -0.145. The number of likely N-dealkylation sites (tertiary alicyclic amines) is 1. The number of rotatable bonds is 4. The van der Waals surface area contributed by atoms with Gasteiger partial charge in [0.2, 0.25) is 0 Å². The van der Waals surface area contributed by atoms with Crippen LogP contribution in [0.15, 0.2) is 24.3 Å². The van der Waals surface area contributed by atoms with Gasteiger partial charge < -0.3 is 19.5 Å². The van der Waals surface area contributed by atoms with Crippen molar-refractivity contribution >= 4 is 11.9 Å². The molecule has 0 spiro atoms. The molecule has 2 atom stereocenters. The first-order valence-corrected chi connectivity index (χ1v) is 8.38. The molecule has 0 aromatic heterocycles. The predicted molar refractivity (Wildman–Crippen MR) is 87.1 cm³/mol. The Morgan fingerprint density at radius 1 is 1.25 bits per heavy atom. The summed E-state index contributed by atoms with van der Waals surface area (Å²) in [5, 5.41) is 9.30. The van der Waals surface area contributed by atoms with Crippen molar-refractivity contribution < 1.29 is 24.2 Å². The molecule has 0 bridgehead atoms. The summed E-state index contributed by atoms with van der Waals surface area (Å²) >= 11 is 0. The number of nitrogens with zero attached hydrogens (tertiary/aromatic N) is 1. The Bertz CT molecular complexity index is 609. The number of aliphatic carboxylic acids is 1. The number of benzene rings is 1. The van der Waals surface area contributed by atoms with Crippen LogP contribution in [0, 0.1) is 11.8 Å². The van der Waals surface area contributed by atoms with Crippen LogP contribution in [0.2, 0.25) is 0 Å². The lowest BCUT2D eigenvalue weighted by Gasteiger charge is -2.35. The summed E-state index contributed by atoms with van der Waals surface area (Å²) in [7, 11) is 1.58. The van der Waals surface area contributed by atoms with E-state index in [-0.39, 0.29) is 17.9 Å². The Hall–Kier alpha value is -2.08. The number of piperidine rings is 1. The fourth-order valence-electron chi connectivity index (χ4n) is 3.71. The second-order valence-corrected chi connectivity index (χ2v) is 6.43. The van der Waals surface area contributed by atoms with Crippen LogP contribution in [0.3, 0.4) is 0 Å². The lowest BCUT2D eigenvalue weighted by Crippen LogP contribution is -2.43. The SMILES string of the molecule is COc1cccc(C(=O)N2CCC([C@@H]3OCCC3C(=O)O)CC2)c1. The number of carbonyl (C=O) groups is 2. The number of carbonyl (C=O) groups excluding carboxylic acids is 1. The van der Waals surface area contributed by atoms with Crippen LogP contribution in [-0.2, 0) is 9.53 Å². The van der Waals surface area contributed by atoms with E-state index < -0.39 is 11.9 Å². The predicted octanol–water partition coefficient (Wildman–Crippen LogP) is 2.04. The second kappa shape index (κ2) is 7.21. The molecule has 6 nitrogen and oxygen atoms in total. The van der Waals surface area contributed by atoms with Crippen LogP contribution in [0.4, 0.5) is 0 Å². The highest BCUT2D eigenvalue weighted by atomic mass is 16.5. The van der Waals surface area contributed by atoms with Crippen molar-refractivity contribution in [2.75, 3.05) is 26.8 Å². The first-order chi connectivity index (χ1) is 11.6. The normalized spacial score (nSPS) is 24.8. The summed E-state index contributed by atoms with van der Waals surface area (Å²) in [6.07, 6.45) is 1.94.